The fraction of sp³-hybridized carbons (Fsp3) is 0.167. The summed E-state index contributed by atoms with van der Waals surface area (Å²) >= 11 is 6.03. The lowest BCUT2D eigenvalue weighted by molar-refractivity contribution is -0.117. The number of benzene rings is 2. The van der Waals surface area contributed by atoms with Crippen molar-refractivity contribution in [1.29, 1.82) is 0 Å². The van der Waals surface area contributed by atoms with Gasteiger partial charge in [0.05, 0.1) is 18.0 Å². The van der Waals surface area contributed by atoms with Gasteiger partial charge in [0, 0.05) is 16.8 Å². The van der Waals surface area contributed by atoms with E-state index >= 15 is 0 Å². The number of carbonyl (C=O) groups excluding carboxylic acids is 1. The molecule has 0 fully saturated rings. The summed E-state index contributed by atoms with van der Waals surface area (Å²) in [7, 11) is 0. The van der Waals surface area contributed by atoms with E-state index in [1.165, 1.54) is 4.57 Å². The number of amides is 1. The van der Waals surface area contributed by atoms with Crippen LogP contribution < -0.4 is 21.2 Å². The Morgan fingerprint density at radius 3 is 2.81 bits per heavy atom. The molecule has 0 saturated heterocycles. The predicted molar refractivity (Wildman–Crippen MR) is 98.1 cm³/mol. The number of aromatic nitrogens is 2. The van der Waals surface area contributed by atoms with Gasteiger partial charge in [0.2, 0.25) is 5.91 Å². The molecule has 0 spiro atoms. The number of H-pyrrole nitrogens is 1. The number of halogens is 1. The van der Waals surface area contributed by atoms with E-state index in [1.54, 1.807) is 24.3 Å². The van der Waals surface area contributed by atoms with E-state index in [4.69, 9.17) is 16.3 Å². The van der Waals surface area contributed by atoms with Crippen LogP contribution in [-0.2, 0) is 4.79 Å². The first-order valence-electron chi connectivity index (χ1n) is 7.99. The van der Waals surface area contributed by atoms with Crippen molar-refractivity contribution in [1.82, 2.24) is 9.55 Å². The van der Waals surface area contributed by atoms with Crippen LogP contribution in [0.3, 0.4) is 0 Å². The van der Waals surface area contributed by atoms with Crippen LogP contribution in [0.2, 0.25) is 5.02 Å². The Labute approximate surface area is 152 Å². The summed E-state index contributed by atoms with van der Waals surface area (Å²) in [6, 6.07) is 11.5. The van der Waals surface area contributed by atoms with Gasteiger partial charge in [-0.15, -0.1) is 0 Å². The monoisotopic (exact) mass is 371 g/mol. The number of hydrogen-bond acceptors (Lipinski definition) is 4. The number of hydrogen-bond donors (Lipinski definition) is 2. The van der Waals surface area contributed by atoms with Crippen molar-refractivity contribution in [2.24, 2.45) is 0 Å². The molecule has 132 valence electrons. The van der Waals surface area contributed by atoms with Gasteiger partial charge >= 0.3 is 11.1 Å². The number of ether oxygens (including phenoxy) is 1. The lowest BCUT2D eigenvalue weighted by Crippen LogP contribution is -2.42. The van der Waals surface area contributed by atoms with Gasteiger partial charge in [0.1, 0.15) is 17.9 Å². The fourth-order valence-electron chi connectivity index (χ4n) is 3.12. The Kier molecular flexibility index (Phi) is 4.00. The molecule has 0 aliphatic carbocycles. The van der Waals surface area contributed by atoms with Gasteiger partial charge < -0.3 is 15.0 Å². The molecular weight excluding hydrogens is 358 g/mol. The fourth-order valence-corrected chi connectivity index (χ4v) is 3.33. The Morgan fingerprint density at radius 2 is 2.04 bits per heavy atom. The standard InChI is InChI=1S/C18H14ClN3O4/c19-10-6-13-16-14(7-10)26-9-12(22(16)18(25)17(24)21-13)8-15(23)20-11-4-2-1-3-5-11/h1-7,12H,8-9H2,(H,20,23)(H,21,24). The average molecular weight is 372 g/mol. The average Bonchev–Trinajstić information content (AvgIpc) is 2.61. The molecule has 26 heavy (non-hydrogen) atoms. The second-order valence-electron chi connectivity index (χ2n) is 6.01. The van der Waals surface area contributed by atoms with Crippen LogP contribution in [-0.4, -0.2) is 22.1 Å². The molecule has 2 heterocycles. The molecule has 3 aromatic rings. The number of para-hydroxylation sites is 1. The minimum Gasteiger partial charge on any atom is -0.489 e. The smallest absolute Gasteiger partial charge is 0.317 e. The summed E-state index contributed by atoms with van der Waals surface area (Å²) in [6.45, 7) is 0.0913. The first-order valence-corrected chi connectivity index (χ1v) is 8.36. The number of anilines is 1. The minimum atomic E-state index is -0.763. The van der Waals surface area contributed by atoms with E-state index in [0.717, 1.165) is 0 Å². The molecule has 0 bridgehead atoms. The molecule has 2 aromatic carbocycles. The van der Waals surface area contributed by atoms with E-state index in [-0.39, 0.29) is 18.9 Å². The van der Waals surface area contributed by atoms with E-state index in [2.05, 4.69) is 10.3 Å². The summed E-state index contributed by atoms with van der Waals surface area (Å²) in [4.78, 5) is 39.3. The zero-order valence-corrected chi connectivity index (χ0v) is 14.2. The minimum absolute atomic E-state index is 0.00454. The number of carbonyl (C=O) groups is 1. The highest BCUT2D eigenvalue weighted by Gasteiger charge is 2.27. The van der Waals surface area contributed by atoms with Crippen molar-refractivity contribution in [3.63, 3.8) is 0 Å². The third-order valence-corrected chi connectivity index (χ3v) is 4.44. The SMILES string of the molecule is O=C(CC1COc2cc(Cl)cc3[nH]c(=O)c(=O)n1c23)Nc1ccccc1. The topological polar surface area (TPSA) is 93.2 Å². The second kappa shape index (κ2) is 6.34. The summed E-state index contributed by atoms with van der Waals surface area (Å²) < 4.78 is 7.02. The maximum atomic E-state index is 12.4. The molecule has 1 atom stereocenters. The molecule has 1 aliphatic heterocycles. The lowest BCUT2D eigenvalue weighted by Gasteiger charge is -2.27. The zero-order valence-electron chi connectivity index (χ0n) is 13.5. The van der Waals surface area contributed by atoms with E-state index in [1.807, 2.05) is 18.2 Å². The molecule has 0 saturated carbocycles. The quantitative estimate of drug-likeness (QED) is 0.691. The molecule has 7 nitrogen and oxygen atoms in total. The van der Waals surface area contributed by atoms with Gasteiger partial charge in [0.25, 0.3) is 0 Å². The van der Waals surface area contributed by atoms with Gasteiger partial charge in [-0.2, -0.15) is 0 Å². The summed E-state index contributed by atoms with van der Waals surface area (Å²) in [5.74, 6) is 0.128. The normalized spacial score (nSPS) is 15.5. The number of aromatic amines is 1. The van der Waals surface area contributed by atoms with Gasteiger partial charge in [-0.05, 0) is 18.2 Å². The highest BCUT2D eigenvalue weighted by Crippen LogP contribution is 2.33. The maximum absolute atomic E-state index is 12.4. The molecule has 1 aliphatic rings. The van der Waals surface area contributed by atoms with Crippen LogP contribution in [0.1, 0.15) is 12.5 Å². The van der Waals surface area contributed by atoms with Crippen LogP contribution in [0, 0.1) is 0 Å². The Morgan fingerprint density at radius 1 is 1.27 bits per heavy atom. The van der Waals surface area contributed by atoms with Crippen LogP contribution in [0.5, 0.6) is 5.75 Å². The largest absolute Gasteiger partial charge is 0.489 e. The maximum Gasteiger partial charge on any atom is 0.317 e. The summed E-state index contributed by atoms with van der Waals surface area (Å²) in [5, 5.41) is 3.15. The van der Waals surface area contributed by atoms with E-state index in [0.29, 0.717) is 27.5 Å². The van der Waals surface area contributed by atoms with Crippen molar-refractivity contribution in [2.75, 3.05) is 11.9 Å². The van der Waals surface area contributed by atoms with Gasteiger partial charge in [-0.1, -0.05) is 29.8 Å². The van der Waals surface area contributed by atoms with Gasteiger partial charge in [-0.25, -0.2) is 0 Å². The second-order valence-corrected chi connectivity index (χ2v) is 6.45. The molecular formula is C18H14ClN3O4. The zero-order chi connectivity index (χ0) is 18.3. The summed E-state index contributed by atoms with van der Waals surface area (Å²) in [5.41, 5.74) is 0.000749. The number of nitrogens with one attached hydrogen (secondary N) is 2. The molecule has 8 heteroatoms. The molecule has 1 unspecified atom stereocenters. The van der Waals surface area contributed by atoms with Gasteiger partial charge in [0.15, 0.2) is 0 Å². The third kappa shape index (κ3) is 2.86. The highest BCUT2D eigenvalue weighted by atomic mass is 35.5. The molecule has 4 rings (SSSR count). The molecule has 1 aromatic heterocycles. The molecule has 2 N–H and O–H groups in total. The van der Waals surface area contributed by atoms with Gasteiger partial charge in [-0.3, -0.25) is 19.0 Å². The van der Waals surface area contributed by atoms with Crippen molar-refractivity contribution < 1.29 is 9.53 Å². The van der Waals surface area contributed by atoms with E-state index < -0.39 is 17.2 Å². The number of nitrogens with zero attached hydrogens (tertiary/aromatic N) is 1. The van der Waals surface area contributed by atoms with Crippen LogP contribution in [0.15, 0.2) is 52.1 Å². The Hall–Kier alpha value is -3.06. The number of rotatable bonds is 3. The first kappa shape index (κ1) is 16.4. The van der Waals surface area contributed by atoms with Crippen molar-refractivity contribution in [2.45, 2.75) is 12.5 Å². The first-order chi connectivity index (χ1) is 12.5. The predicted octanol–water partition coefficient (Wildman–Crippen LogP) is 2.31. The van der Waals surface area contributed by atoms with Crippen molar-refractivity contribution in [3.8, 4) is 5.75 Å². The Balaban J connectivity index is 1.73. The van der Waals surface area contributed by atoms with E-state index in [9.17, 15) is 14.4 Å². The molecule has 0 radical (unpaired) electrons. The van der Waals surface area contributed by atoms with Crippen LogP contribution in [0.25, 0.3) is 11.0 Å². The Bertz CT molecular complexity index is 1120. The summed E-state index contributed by atoms with van der Waals surface area (Å²) in [6.07, 6.45) is -0.00454. The lowest BCUT2D eigenvalue weighted by atomic mass is 10.1. The van der Waals surface area contributed by atoms with Crippen molar-refractivity contribution in [3.05, 3.63) is 68.2 Å². The highest BCUT2D eigenvalue weighted by molar-refractivity contribution is 6.31. The van der Waals surface area contributed by atoms with Crippen LogP contribution >= 0.6 is 11.6 Å². The van der Waals surface area contributed by atoms with Crippen LogP contribution in [0.4, 0.5) is 5.69 Å². The third-order valence-electron chi connectivity index (χ3n) is 4.22. The van der Waals surface area contributed by atoms with Crippen molar-refractivity contribution >= 4 is 34.2 Å². The molecule has 1 amide bonds.